The van der Waals surface area contributed by atoms with E-state index in [-0.39, 0.29) is 23.8 Å². The summed E-state index contributed by atoms with van der Waals surface area (Å²) in [5.74, 6) is -1.44. The van der Waals surface area contributed by atoms with Crippen molar-refractivity contribution in [1.82, 2.24) is 9.97 Å². The number of nitrogens with zero attached hydrogens (tertiary/aromatic N) is 2. The zero-order chi connectivity index (χ0) is 29.4. The maximum atomic E-state index is 12.0. The molecule has 0 atom stereocenters. The maximum Gasteiger partial charge on any atom is 0.414 e. The van der Waals surface area contributed by atoms with Crippen molar-refractivity contribution < 1.29 is 18.1 Å². The van der Waals surface area contributed by atoms with Crippen LogP contribution in [0.25, 0.3) is 0 Å². The lowest BCUT2D eigenvalue weighted by molar-refractivity contribution is 0.0634. The number of rotatable bonds is 7. The Morgan fingerprint density at radius 1 is 0.973 bits per heavy atom. The summed E-state index contributed by atoms with van der Waals surface area (Å²) in [7, 11) is -3.11. The van der Waals surface area contributed by atoms with E-state index in [1.165, 1.54) is 12.4 Å². The Morgan fingerprint density at radius 3 is 1.95 bits per heavy atom. The summed E-state index contributed by atoms with van der Waals surface area (Å²) in [6.45, 7) is 9.70. The van der Waals surface area contributed by atoms with Crippen LogP contribution in [-0.4, -0.2) is 36.5 Å². The third-order valence-corrected chi connectivity index (χ3v) is 11.3. The third kappa shape index (κ3) is 6.28. The van der Waals surface area contributed by atoms with E-state index in [1.807, 2.05) is 60.7 Å². The van der Waals surface area contributed by atoms with Gasteiger partial charge in [0.1, 0.15) is 5.60 Å². The smallest absolute Gasteiger partial charge is 0.414 e. The number of nitrogens with one attached hydrogen (secondary N) is 1. The summed E-state index contributed by atoms with van der Waals surface area (Å²) in [4.78, 5) is 20.4. The number of amides is 1. The molecule has 4 rings (SSSR count). The average Bonchev–Trinajstić information content (AvgIpc) is 2.85. The second-order valence-electron chi connectivity index (χ2n) is 11.5. The van der Waals surface area contributed by atoms with Gasteiger partial charge in [-0.05, 0) is 66.4 Å². The van der Waals surface area contributed by atoms with E-state index in [2.05, 4.69) is 36.1 Å². The van der Waals surface area contributed by atoms with Crippen molar-refractivity contribution in [3.8, 4) is 0 Å². The Labute approximate surface area is 226 Å². The molecule has 1 aromatic heterocycles. The van der Waals surface area contributed by atoms with Crippen molar-refractivity contribution >= 4 is 30.7 Å². The van der Waals surface area contributed by atoms with Crippen molar-refractivity contribution in [1.29, 1.82) is 0 Å². The Balaban J connectivity index is 1.55. The number of anilines is 1. The molecule has 1 aliphatic rings. The topological polar surface area (TPSA) is 73.3 Å². The van der Waals surface area contributed by atoms with E-state index in [9.17, 15) is 4.79 Å². The van der Waals surface area contributed by atoms with E-state index >= 15 is 0 Å². The molecule has 0 unspecified atom stereocenters. The number of hydrogen-bond acceptors (Lipinski definition) is 5. The van der Waals surface area contributed by atoms with Crippen LogP contribution in [0.3, 0.4) is 0 Å². The van der Waals surface area contributed by atoms with Gasteiger partial charge in [-0.1, -0.05) is 81.4 Å². The van der Waals surface area contributed by atoms with Gasteiger partial charge in [0, 0.05) is 20.3 Å². The first-order valence-electron chi connectivity index (χ1n) is 14.2. The molecule has 7 heteroatoms. The van der Waals surface area contributed by atoms with Gasteiger partial charge in [0.15, 0.2) is 0 Å². The average molecular weight is 521 g/mol. The minimum absolute atomic E-state index is 0.0859. The zero-order valence-electron chi connectivity index (χ0n) is 25.5. The van der Waals surface area contributed by atoms with Gasteiger partial charge in [0.2, 0.25) is 5.95 Å². The summed E-state index contributed by atoms with van der Waals surface area (Å²) in [6, 6.07) is 20.0. The van der Waals surface area contributed by atoms with Crippen molar-refractivity contribution in [3.05, 3.63) is 78.6 Å². The summed E-state index contributed by atoms with van der Waals surface area (Å²) in [5, 5.41) is 4.15. The molecule has 1 N–H and O–H groups in total. The molecule has 0 radical (unpaired) electrons. The van der Waals surface area contributed by atoms with E-state index in [4.69, 9.17) is 13.3 Å². The molecule has 2 aromatic carbocycles. The number of aromatic nitrogens is 2. The summed E-state index contributed by atoms with van der Waals surface area (Å²) < 4.78 is 39.3. The normalized spacial score (nSPS) is 21.7. The van der Waals surface area contributed by atoms with Crippen LogP contribution >= 0.6 is 0 Å². The first-order chi connectivity index (χ1) is 18.6. The van der Waals surface area contributed by atoms with Crippen LogP contribution in [-0.2, 0) is 9.16 Å². The molecule has 0 saturated heterocycles. The molecule has 0 aliphatic heterocycles. The van der Waals surface area contributed by atoms with Gasteiger partial charge in [-0.15, -0.1) is 0 Å². The van der Waals surface area contributed by atoms with E-state index in [0.717, 1.165) is 10.4 Å². The van der Waals surface area contributed by atoms with Crippen LogP contribution in [0.1, 0.15) is 70.0 Å². The van der Waals surface area contributed by atoms with Crippen molar-refractivity contribution in [3.63, 3.8) is 0 Å². The van der Waals surface area contributed by atoms with Gasteiger partial charge < -0.3 is 9.16 Å². The van der Waals surface area contributed by atoms with Crippen LogP contribution in [0.2, 0.25) is 5.04 Å². The van der Waals surface area contributed by atoms with Gasteiger partial charge in [0.05, 0.1) is 2.74 Å². The van der Waals surface area contributed by atoms with Crippen LogP contribution < -0.4 is 15.7 Å². The molecule has 3 aromatic rings. The summed E-state index contributed by atoms with van der Waals surface area (Å²) in [6.07, 6.45) is 2.90. The Kier molecular flexibility index (Phi) is 6.72. The molecule has 6 nitrogen and oxygen atoms in total. The molecule has 0 bridgehead atoms. The molecule has 196 valence electrons. The molecule has 1 heterocycles. The van der Waals surface area contributed by atoms with E-state index in [1.54, 1.807) is 20.8 Å². The molecular formula is C30H39N3O3Si. The van der Waals surface area contributed by atoms with E-state index in [0.29, 0.717) is 5.56 Å². The highest BCUT2D eigenvalue weighted by molar-refractivity contribution is 6.99. The molecule has 1 saturated carbocycles. The number of hydrogen-bond donors (Lipinski definition) is 1. The SMILES string of the molecule is [2H]C1(c2cnc(NC(=O)OC(C)(C)C)nc2)CC(C([2H])([2H])O[Si](c2ccccc2)(c2ccccc2)C(C)(C)C)C1. The summed E-state index contributed by atoms with van der Waals surface area (Å²) >= 11 is 0. The predicted octanol–water partition coefficient (Wildman–Crippen LogP) is 5.89. The Morgan fingerprint density at radius 2 is 1.49 bits per heavy atom. The Hall–Kier alpha value is -3.03. The minimum Gasteiger partial charge on any atom is -0.444 e. The van der Waals surface area contributed by atoms with Crippen LogP contribution in [0.15, 0.2) is 73.1 Å². The second kappa shape index (κ2) is 10.8. The molecule has 1 fully saturated rings. The fraction of sp³-hybridized carbons (Fsp3) is 0.433. The lowest BCUT2D eigenvalue weighted by Crippen LogP contribution is -2.67. The summed E-state index contributed by atoms with van der Waals surface area (Å²) in [5.41, 5.74) is -0.0779. The van der Waals surface area contributed by atoms with Crippen molar-refractivity contribution in [2.45, 2.75) is 70.9 Å². The highest BCUT2D eigenvalue weighted by Gasteiger charge is 2.50. The number of ether oxygens (including phenoxy) is 1. The van der Waals surface area contributed by atoms with Gasteiger partial charge in [-0.25, -0.2) is 14.8 Å². The first kappa shape index (κ1) is 23.1. The van der Waals surface area contributed by atoms with Crippen LogP contribution in [0.4, 0.5) is 10.7 Å². The standard InChI is InChI=1S/C30H39N3O3Si/c1-29(2,3)36-28(34)33-27-31-19-24(20-32-27)23-17-22(18-23)21-35-37(30(4,5)6,25-13-9-7-10-14-25)26-15-11-8-12-16-26/h7-16,19-20,22-23H,17-18,21H2,1-6H3,(H,31,32,33,34)/i21D2,23D. The minimum atomic E-state index is -3.11. The number of benzene rings is 2. The Bertz CT molecular complexity index is 1270. The van der Waals surface area contributed by atoms with Crippen molar-refractivity contribution in [2.75, 3.05) is 11.9 Å². The van der Waals surface area contributed by atoms with Gasteiger partial charge in [0.25, 0.3) is 8.32 Å². The van der Waals surface area contributed by atoms with Crippen LogP contribution in [0.5, 0.6) is 0 Å². The fourth-order valence-electron chi connectivity index (χ4n) is 4.65. The van der Waals surface area contributed by atoms with Gasteiger partial charge in [-0.2, -0.15) is 0 Å². The third-order valence-electron chi connectivity index (χ3n) is 6.45. The molecule has 0 spiro atoms. The maximum absolute atomic E-state index is 12.0. The highest BCUT2D eigenvalue weighted by Crippen LogP contribution is 2.43. The lowest BCUT2D eigenvalue weighted by atomic mass is 9.72. The monoisotopic (exact) mass is 520 g/mol. The van der Waals surface area contributed by atoms with Gasteiger partial charge in [-0.3, -0.25) is 5.32 Å². The molecule has 1 amide bonds. The second-order valence-corrected chi connectivity index (χ2v) is 15.7. The molecule has 37 heavy (non-hydrogen) atoms. The lowest BCUT2D eigenvalue weighted by Gasteiger charge is -2.45. The number of carbonyl (C=O) groups excluding carboxylic acids is 1. The van der Waals surface area contributed by atoms with Crippen molar-refractivity contribution in [2.24, 2.45) is 5.92 Å². The highest BCUT2D eigenvalue weighted by atomic mass is 28.4. The zero-order valence-corrected chi connectivity index (χ0v) is 23.5. The van der Waals surface area contributed by atoms with Crippen LogP contribution in [0, 0.1) is 5.92 Å². The first-order valence-corrected chi connectivity index (χ1v) is 14.6. The molecule has 1 aliphatic carbocycles. The van der Waals surface area contributed by atoms with E-state index < -0.39 is 38.4 Å². The molecular weight excluding hydrogens is 478 g/mol. The predicted molar refractivity (Wildman–Crippen MR) is 151 cm³/mol. The van der Waals surface area contributed by atoms with Gasteiger partial charge >= 0.3 is 6.09 Å². The largest absolute Gasteiger partial charge is 0.444 e. The number of carbonyl (C=O) groups is 1. The fourth-order valence-corrected chi connectivity index (χ4v) is 8.92. The quantitative estimate of drug-likeness (QED) is 0.393.